The number of amides is 3. The summed E-state index contributed by atoms with van der Waals surface area (Å²) >= 11 is 0. The molecule has 11 nitrogen and oxygen atoms in total. The number of carbonyl (C=O) groups excluding carboxylic acids is 3. The van der Waals surface area contributed by atoms with Gasteiger partial charge in [0, 0.05) is 6.42 Å². The molecule has 0 bridgehead atoms. The SMILES string of the molecule is CC(C)CC(NC(=O)C(C)NC(=O)C(Cc1ccc(O)cc1)NC(=O)C(N)C(C)O)C(=O)O. The first-order valence-corrected chi connectivity index (χ1v) is 10.7. The van der Waals surface area contributed by atoms with Crippen molar-refractivity contribution in [1.82, 2.24) is 16.0 Å². The maximum Gasteiger partial charge on any atom is 0.326 e. The lowest BCUT2D eigenvalue weighted by Crippen LogP contribution is -2.58. The van der Waals surface area contributed by atoms with Crippen LogP contribution in [-0.2, 0) is 25.6 Å². The van der Waals surface area contributed by atoms with Crippen LogP contribution in [0.2, 0.25) is 0 Å². The maximum atomic E-state index is 12.9. The second kappa shape index (κ2) is 12.8. The Labute approximate surface area is 192 Å². The number of aliphatic hydroxyl groups is 1. The summed E-state index contributed by atoms with van der Waals surface area (Å²) < 4.78 is 0. The van der Waals surface area contributed by atoms with Gasteiger partial charge in [0.25, 0.3) is 0 Å². The van der Waals surface area contributed by atoms with Gasteiger partial charge in [0.2, 0.25) is 17.7 Å². The Morgan fingerprint density at radius 3 is 1.91 bits per heavy atom. The Balaban J connectivity index is 2.94. The molecule has 0 aromatic heterocycles. The number of nitrogens with two attached hydrogens (primary N) is 1. The number of benzene rings is 1. The van der Waals surface area contributed by atoms with Crippen molar-refractivity contribution in [3.05, 3.63) is 29.8 Å². The quantitative estimate of drug-likeness (QED) is 0.209. The minimum absolute atomic E-state index is 0.0177. The van der Waals surface area contributed by atoms with E-state index in [9.17, 15) is 34.5 Å². The zero-order chi connectivity index (χ0) is 25.3. The van der Waals surface area contributed by atoms with Gasteiger partial charge in [0.15, 0.2) is 0 Å². The largest absolute Gasteiger partial charge is 0.508 e. The van der Waals surface area contributed by atoms with E-state index in [2.05, 4.69) is 16.0 Å². The molecule has 0 saturated carbocycles. The van der Waals surface area contributed by atoms with Crippen molar-refractivity contribution in [2.24, 2.45) is 11.7 Å². The average Bonchev–Trinajstić information content (AvgIpc) is 2.72. The third-order valence-corrected chi connectivity index (χ3v) is 4.91. The standard InChI is InChI=1S/C22H34N4O7/c1-11(2)9-17(22(32)33)26-19(29)12(3)24-20(30)16(25-21(31)18(23)13(4)27)10-14-5-7-15(28)8-6-14/h5-8,11-13,16-18,27-28H,9-10,23H2,1-4H3,(H,24,30)(H,25,31)(H,26,29)(H,32,33). The zero-order valence-electron chi connectivity index (χ0n) is 19.2. The second-order valence-corrected chi connectivity index (χ2v) is 8.46. The molecule has 0 fully saturated rings. The molecule has 1 aromatic rings. The van der Waals surface area contributed by atoms with Gasteiger partial charge in [0.1, 0.15) is 29.9 Å². The number of aliphatic hydroxyl groups excluding tert-OH is 1. The van der Waals surface area contributed by atoms with Crippen molar-refractivity contribution in [1.29, 1.82) is 0 Å². The number of aliphatic carboxylic acids is 1. The Hall–Kier alpha value is -3.18. The number of rotatable bonds is 12. The Bertz CT molecular complexity index is 827. The fourth-order valence-corrected chi connectivity index (χ4v) is 2.93. The summed E-state index contributed by atoms with van der Waals surface area (Å²) in [5.74, 6) is -3.28. The van der Waals surface area contributed by atoms with Gasteiger partial charge in [-0.3, -0.25) is 14.4 Å². The molecule has 5 atom stereocenters. The monoisotopic (exact) mass is 466 g/mol. The predicted molar refractivity (Wildman–Crippen MR) is 120 cm³/mol. The molecule has 1 aromatic carbocycles. The molecule has 0 aliphatic rings. The van der Waals surface area contributed by atoms with Gasteiger partial charge < -0.3 is 37.0 Å². The predicted octanol–water partition coefficient (Wildman–Crippen LogP) is -0.752. The molecule has 1 rings (SSSR count). The normalized spacial score (nSPS) is 15.6. The van der Waals surface area contributed by atoms with Crippen LogP contribution in [0.15, 0.2) is 24.3 Å². The van der Waals surface area contributed by atoms with Crippen molar-refractivity contribution >= 4 is 23.7 Å². The summed E-state index contributed by atoms with van der Waals surface area (Å²) in [6.45, 7) is 6.37. The van der Waals surface area contributed by atoms with Crippen molar-refractivity contribution < 1.29 is 34.5 Å². The molecule has 0 aliphatic heterocycles. The molecule has 3 amide bonds. The second-order valence-electron chi connectivity index (χ2n) is 8.46. The summed E-state index contributed by atoms with van der Waals surface area (Å²) in [6.07, 6.45) is -0.913. The van der Waals surface area contributed by atoms with Gasteiger partial charge in [-0.2, -0.15) is 0 Å². The Kier molecular flexibility index (Phi) is 10.8. The number of carboxylic acids is 1. The van der Waals surface area contributed by atoms with Crippen LogP contribution in [0.25, 0.3) is 0 Å². The van der Waals surface area contributed by atoms with Crippen molar-refractivity contribution in [2.75, 3.05) is 0 Å². The van der Waals surface area contributed by atoms with Gasteiger partial charge in [-0.05, 0) is 43.9 Å². The molecule has 0 saturated heterocycles. The molecule has 11 heteroatoms. The number of phenols is 1. The van der Waals surface area contributed by atoms with E-state index in [1.165, 1.54) is 26.0 Å². The zero-order valence-corrected chi connectivity index (χ0v) is 19.2. The number of phenolic OH excluding ortho intramolecular Hbond substituents is 1. The smallest absolute Gasteiger partial charge is 0.326 e. The van der Waals surface area contributed by atoms with E-state index in [4.69, 9.17) is 5.73 Å². The van der Waals surface area contributed by atoms with Crippen LogP contribution in [0.5, 0.6) is 5.75 Å². The average molecular weight is 467 g/mol. The summed E-state index contributed by atoms with van der Waals surface area (Å²) in [6, 6.07) is 1.37. The van der Waals surface area contributed by atoms with E-state index in [1.54, 1.807) is 12.1 Å². The number of hydrogen-bond acceptors (Lipinski definition) is 7. The molecule has 0 spiro atoms. The highest BCUT2D eigenvalue weighted by molar-refractivity contribution is 5.94. The lowest BCUT2D eigenvalue weighted by Gasteiger charge is -2.24. The highest BCUT2D eigenvalue weighted by Gasteiger charge is 2.29. The van der Waals surface area contributed by atoms with Gasteiger partial charge in [0.05, 0.1) is 6.10 Å². The van der Waals surface area contributed by atoms with Crippen LogP contribution in [0.1, 0.15) is 39.7 Å². The van der Waals surface area contributed by atoms with E-state index in [0.717, 1.165) is 0 Å². The molecule has 0 radical (unpaired) electrons. The van der Waals surface area contributed by atoms with Gasteiger partial charge in [-0.25, -0.2) is 4.79 Å². The van der Waals surface area contributed by atoms with Crippen LogP contribution >= 0.6 is 0 Å². The Morgan fingerprint density at radius 2 is 1.42 bits per heavy atom. The van der Waals surface area contributed by atoms with Gasteiger partial charge in [-0.1, -0.05) is 26.0 Å². The lowest BCUT2D eigenvalue weighted by molar-refractivity contribution is -0.142. The van der Waals surface area contributed by atoms with E-state index in [0.29, 0.717) is 5.56 Å². The first-order chi connectivity index (χ1) is 15.3. The van der Waals surface area contributed by atoms with Gasteiger partial charge >= 0.3 is 5.97 Å². The highest BCUT2D eigenvalue weighted by atomic mass is 16.4. The number of aromatic hydroxyl groups is 1. The van der Waals surface area contributed by atoms with Crippen LogP contribution in [0.4, 0.5) is 0 Å². The number of hydrogen-bond donors (Lipinski definition) is 7. The number of carboxylic acid groups (broad SMARTS) is 1. The summed E-state index contributed by atoms with van der Waals surface area (Å²) in [5, 5.41) is 35.6. The van der Waals surface area contributed by atoms with Crippen molar-refractivity contribution in [3.8, 4) is 5.75 Å². The third kappa shape index (κ3) is 9.46. The molecule has 33 heavy (non-hydrogen) atoms. The van der Waals surface area contributed by atoms with Crippen LogP contribution < -0.4 is 21.7 Å². The molecule has 0 aliphatic carbocycles. The Morgan fingerprint density at radius 1 is 0.879 bits per heavy atom. The first kappa shape index (κ1) is 27.9. The van der Waals surface area contributed by atoms with Crippen molar-refractivity contribution in [3.63, 3.8) is 0 Å². The minimum Gasteiger partial charge on any atom is -0.508 e. The molecule has 184 valence electrons. The molecule has 8 N–H and O–H groups in total. The topological polar surface area (TPSA) is 191 Å². The fourth-order valence-electron chi connectivity index (χ4n) is 2.93. The number of nitrogens with one attached hydrogen (secondary N) is 3. The van der Waals surface area contributed by atoms with E-state index in [1.807, 2.05) is 13.8 Å². The fraction of sp³-hybridized carbons (Fsp3) is 0.545. The van der Waals surface area contributed by atoms with Gasteiger partial charge in [-0.15, -0.1) is 0 Å². The summed E-state index contributed by atoms with van der Waals surface area (Å²) in [5.41, 5.74) is 6.26. The third-order valence-electron chi connectivity index (χ3n) is 4.91. The first-order valence-electron chi connectivity index (χ1n) is 10.7. The van der Waals surface area contributed by atoms with Crippen LogP contribution in [0, 0.1) is 5.92 Å². The molecular weight excluding hydrogens is 432 g/mol. The lowest BCUT2D eigenvalue weighted by atomic mass is 10.0. The maximum absolute atomic E-state index is 12.9. The summed E-state index contributed by atoms with van der Waals surface area (Å²) in [7, 11) is 0. The van der Waals surface area contributed by atoms with Crippen LogP contribution in [0.3, 0.4) is 0 Å². The van der Waals surface area contributed by atoms with Crippen LogP contribution in [-0.4, -0.2) is 69.3 Å². The molecular formula is C22H34N4O7. The molecule has 0 heterocycles. The van der Waals surface area contributed by atoms with E-state index < -0.39 is 54.0 Å². The minimum atomic E-state index is -1.27. The number of carbonyl (C=O) groups is 4. The van der Waals surface area contributed by atoms with E-state index in [-0.39, 0.29) is 24.5 Å². The van der Waals surface area contributed by atoms with Crippen molar-refractivity contribution in [2.45, 2.75) is 70.8 Å². The summed E-state index contributed by atoms with van der Waals surface area (Å²) in [4.78, 5) is 49.1. The highest BCUT2D eigenvalue weighted by Crippen LogP contribution is 2.12. The van der Waals surface area contributed by atoms with E-state index >= 15 is 0 Å². The molecule has 5 unspecified atom stereocenters.